The maximum Gasteiger partial charge on any atom is 0.304 e. The second-order valence-corrected chi connectivity index (χ2v) is 5.19. The lowest BCUT2D eigenvalue weighted by Crippen LogP contribution is -2.03. The number of H-pyrrole nitrogens is 1. The second-order valence-electron chi connectivity index (χ2n) is 4.35. The highest BCUT2D eigenvalue weighted by atomic mass is 32.1. The fourth-order valence-corrected chi connectivity index (χ4v) is 2.72. The Hall–Kier alpha value is -2.58. The molecule has 2 aromatic carbocycles. The van der Waals surface area contributed by atoms with E-state index in [-0.39, 0.29) is 4.87 Å². The monoisotopic (exact) mass is 281 g/mol. The van der Waals surface area contributed by atoms with Crippen LogP contribution in [0.3, 0.4) is 0 Å². The number of nitrogens with one attached hydrogen (secondary N) is 2. The molecule has 0 aliphatic rings. The molecule has 0 fully saturated rings. The van der Waals surface area contributed by atoms with Crippen molar-refractivity contribution in [3.05, 3.63) is 62.7 Å². The molecule has 0 bridgehead atoms. The van der Waals surface area contributed by atoms with Gasteiger partial charge in [-0.3, -0.25) is 4.79 Å². The van der Waals surface area contributed by atoms with Gasteiger partial charge in [0, 0.05) is 27.5 Å². The molecule has 1 aromatic heterocycles. The highest BCUT2D eigenvalue weighted by molar-refractivity contribution is 7.07. The van der Waals surface area contributed by atoms with Crippen molar-refractivity contribution in [3.63, 3.8) is 0 Å². The average molecular weight is 281 g/mol. The summed E-state index contributed by atoms with van der Waals surface area (Å²) in [7, 11) is 0. The summed E-state index contributed by atoms with van der Waals surface area (Å²) in [5.74, 6) is 0. The summed E-state index contributed by atoms with van der Waals surface area (Å²) in [6, 6.07) is 13.7. The van der Waals surface area contributed by atoms with E-state index in [0.717, 1.165) is 33.5 Å². The summed E-state index contributed by atoms with van der Waals surface area (Å²) in [5.41, 5.74) is 2.47. The molecule has 0 saturated carbocycles. The minimum absolute atomic E-state index is 0.0495. The number of aromatic amines is 1. The number of aromatic nitrogens is 1. The summed E-state index contributed by atoms with van der Waals surface area (Å²) >= 11 is 1.16. The van der Waals surface area contributed by atoms with E-state index < -0.39 is 0 Å². The predicted molar refractivity (Wildman–Crippen MR) is 80.9 cm³/mol. The van der Waals surface area contributed by atoms with Crippen molar-refractivity contribution in [2.45, 2.75) is 6.54 Å². The number of hydrogen-bond donors (Lipinski definition) is 2. The number of rotatable bonds is 3. The summed E-state index contributed by atoms with van der Waals surface area (Å²) < 4.78 is 0. The first kappa shape index (κ1) is 12.5. The van der Waals surface area contributed by atoms with E-state index in [1.807, 2.05) is 30.3 Å². The maximum absolute atomic E-state index is 11.1. The highest BCUT2D eigenvalue weighted by Gasteiger charge is 2.05. The Kier molecular flexibility index (Phi) is 3.23. The number of anilines is 1. The Morgan fingerprint density at radius 3 is 2.70 bits per heavy atom. The Labute approximate surface area is 119 Å². The summed E-state index contributed by atoms with van der Waals surface area (Å²) in [6.45, 7) is 0.550. The van der Waals surface area contributed by atoms with Crippen molar-refractivity contribution < 1.29 is 0 Å². The quantitative estimate of drug-likeness (QED) is 0.775. The van der Waals surface area contributed by atoms with Gasteiger partial charge in [0.25, 0.3) is 0 Å². The van der Waals surface area contributed by atoms with E-state index in [1.165, 1.54) is 0 Å². The van der Waals surface area contributed by atoms with E-state index in [9.17, 15) is 4.79 Å². The van der Waals surface area contributed by atoms with E-state index in [1.54, 1.807) is 11.4 Å². The Bertz CT molecular complexity index is 857. The zero-order chi connectivity index (χ0) is 13.9. The van der Waals surface area contributed by atoms with Gasteiger partial charge in [-0.25, -0.2) is 0 Å². The molecule has 5 heteroatoms. The van der Waals surface area contributed by atoms with Crippen LogP contribution in [0.1, 0.15) is 11.3 Å². The van der Waals surface area contributed by atoms with Crippen LogP contribution in [0.15, 0.2) is 46.6 Å². The lowest BCUT2D eigenvalue weighted by atomic mass is 10.0. The minimum Gasteiger partial charge on any atom is -0.379 e. The third-order valence-electron chi connectivity index (χ3n) is 3.08. The number of nitrogens with zero attached hydrogens (tertiary/aromatic N) is 1. The largest absolute Gasteiger partial charge is 0.379 e. The van der Waals surface area contributed by atoms with Gasteiger partial charge in [0.1, 0.15) is 0 Å². The van der Waals surface area contributed by atoms with E-state index in [0.29, 0.717) is 12.1 Å². The number of thiazole rings is 1. The molecule has 2 N–H and O–H groups in total. The second kappa shape index (κ2) is 5.19. The Balaban J connectivity index is 1.96. The van der Waals surface area contributed by atoms with Crippen LogP contribution in [-0.2, 0) is 6.54 Å². The lowest BCUT2D eigenvalue weighted by Gasteiger charge is -2.09. The van der Waals surface area contributed by atoms with Crippen molar-refractivity contribution in [2.24, 2.45) is 0 Å². The SMILES string of the molecule is N#Cc1ccc(NCc2csc(=O)[nH]2)c2ccccc12. The van der Waals surface area contributed by atoms with E-state index >= 15 is 0 Å². The molecule has 0 radical (unpaired) electrons. The number of fused-ring (bicyclic) bond motifs is 1. The van der Waals surface area contributed by atoms with Crippen LogP contribution in [0.4, 0.5) is 5.69 Å². The molecule has 20 heavy (non-hydrogen) atoms. The van der Waals surface area contributed by atoms with Crippen molar-refractivity contribution in [2.75, 3.05) is 5.32 Å². The number of hydrogen-bond acceptors (Lipinski definition) is 4. The van der Waals surface area contributed by atoms with Crippen molar-refractivity contribution in [3.8, 4) is 6.07 Å². The topological polar surface area (TPSA) is 68.7 Å². The van der Waals surface area contributed by atoms with Crippen LogP contribution in [0.5, 0.6) is 0 Å². The number of nitriles is 1. The molecular formula is C15H11N3OS. The normalized spacial score (nSPS) is 10.3. The fourth-order valence-electron chi connectivity index (χ4n) is 2.14. The van der Waals surface area contributed by atoms with Crippen LogP contribution in [-0.4, -0.2) is 4.98 Å². The van der Waals surface area contributed by atoms with Gasteiger partial charge < -0.3 is 10.3 Å². The van der Waals surface area contributed by atoms with Gasteiger partial charge in [-0.1, -0.05) is 35.6 Å². The predicted octanol–water partition coefficient (Wildman–Crippen LogP) is 3.07. The third-order valence-corrected chi connectivity index (χ3v) is 3.80. The molecule has 0 aliphatic carbocycles. The van der Waals surface area contributed by atoms with Gasteiger partial charge in [0.15, 0.2) is 0 Å². The molecule has 98 valence electrons. The van der Waals surface area contributed by atoms with Gasteiger partial charge in [0.05, 0.1) is 18.2 Å². The first-order valence-corrected chi connectivity index (χ1v) is 6.98. The van der Waals surface area contributed by atoms with E-state index in [2.05, 4.69) is 16.4 Å². The third kappa shape index (κ3) is 2.29. The van der Waals surface area contributed by atoms with Crippen LogP contribution < -0.4 is 10.2 Å². The van der Waals surface area contributed by atoms with Gasteiger partial charge in [-0.2, -0.15) is 5.26 Å². The molecule has 0 unspecified atom stereocenters. The molecular weight excluding hydrogens is 270 g/mol. The molecule has 0 amide bonds. The van der Waals surface area contributed by atoms with Crippen LogP contribution in [0.2, 0.25) is 0 Å². The van der Waals surface area contributed by atoms with Crippen molar-refractivity contribution >= 4 is 27.8 Å². The molecule has 3 aromatic rings. The number of benzene rings is 2. The van der Waals surface area contributed by atoms with Crippen LogP contribution in [0, 0.1) is 11.3 Å². The molecule has 0 aliphatic heterocycles. The van der Waals surface area contributed by atoms with Gasteiger partial charge >= 0.3 is 4.87 Å². The van der Waals surface area contributed by atoms with Crippen LogP contribution >= 0.6 is 11.3 Å². The average Bonchev–Trinajstić information content (AvgIpc) is 2.90. The van der Waals surface area contributed by atoms with Gasteiger partial charge in [0.2, 0.25) is 0 Å². The highest BCUT2D eigenvalue weighted by Crippen LogP contribution is 2.26. The van der Waals surface area contributed by atoms with E-state index in [4.69, 9.17) is 5.26 Å². The molecule has 1 heterocycles. The fraction of sp³-hybridized carbons (Fsp3) is 0.0667. The standard InChI is InChI=1S/C15H11N3OS/c16-7-10-5-6-14(13-4-2-1-3-12(10)13)17-8-11-9-20-15(19)18-11/h1-6,9,17H,8H2,(H,18,19). The smallest absolute Gasteiger partial charge is 0.304 e. The molecule has 0 atom stereocenters. The van der Waals surface area contributed by atoms with Gasteiger partial charge in [-0.15, -0.1) is 0 Å². The zero-order valence-corrected chi connectivity index (χ0v) is 11.3. The van der Waals surface area contributed by atoms with Crippen LogP contribution in [0.25, 0.3) is 10.8 Å². The first-order chi connectivity index (χ1) is 9.78. The minimum atomic E-state index is -0.0495. The zero-order valence-electron chi connectivity index (χ0n) is 10.5. The molecule has 3 rings (SSSR count). The molecule has 4 nitrogen and oxygen atoms in total. The lowest BCUT2D eigenvalue weighted by molar-refractivity contribution is 1.06. The summed E-state index contributed by atoms with van der Waals surface area (Å²) in [6.07, 6.45) is 0. The first-order valence-electron chi connectivity index (χ1n) is 6.10. The Morgan fingerprint density at radius 1 is 1.20 bits per heavy atom. The van der Waals surface area contributed by atoms with Gasteiger partial charge in [-0.05, 0) is 12.1 Å². The summed E-state index contributed by atoms with van der Waals surface area (Å²) in [4.78, 5) is 13.8. The van der Waals surface area contributed by atoms with Crippen molar-refractivity contribution in [1.29, 1.82) is 5.26 Å². The van der Waals surface area contributed by atoms with Crippen molar-refractivity contribution in [1.82, 2.24) is 4.98 Å². The Morgan fingerprint density at radius 2 is 2.00 bits per heavy atom. The molecule has 0 spiro atoms. The maximum atomic E-state index is 11.1. The molecule has 0 saturated heterocycles. The summed E-state index contributed by atoms with van der Waals surface area (Å²) in [5, 5.41) is 16.2.